The highest BCUT2D eigenvalue weighted by atomic mass is 32.2. The zero-order valence-electron chi connectivity index (χ0n) is 10.7. The molecule has 1 amide bonds. The van der Waals surface area contributed by atoms with Crippen LogP contribution < -0.4 is 11.1 Å². The Hall–Kier alpha value is -1.70. The van der Waals surface area contributed by atoms with Crippen LogP contribution in [0.3, 0.4) is 0 Å². The van der Waals surface area contributed by atoms with Gasteiger partial charge < -0.3 is 11.1 Å². The normalized spacial score (nSPS) is 11.6. The summed E-state index contributed by atoms with van der Waals surface area (Å²) in [7, 11) is -4.63. The summed E-state index contributed by atoms with van der Waals surface area (Å²) < 4.78 is 48.0. The molecule has 3 N–H and O–H groups in total. The van der Waals surface area contributed by atoms with Crippen molar-refractivity contribution in [2.75, 3.05) is 11.9 Å². The molecule has 0 radical (unpaired) electrons. The zero-order chi connectivity index (χ0) is 15.2. The first-order valence-electron chi connectivity index (χ1n) is 5.99. The van der Waals surface area contributed by atoms with E-state index in [2.05, 4.69) is 5.32 Å². The largest absolute Gasteiger partial charge is 0.384 e. The van der Waals surface area contributed by atoms with Gasteiger partial charge in [0.2, 0.25) is 15.7 Å². The molecule has 0 fully saturated rings. The highest BCUT2D eigenvalue weighted by Gasteiger charge is 2.28. The average molecular weight is 306 g/mol. The van der Waals surface area contributed by atoms with E-state index in [0.717, 1.165) is 6.07 Å². The van der Waals surface area contributed by atoms with Crippen LogP contribution in [0.15, 0.2) is 29.2 Å². The molecule has 0 saturated heterocycles. The molecule has 0 unspecified atom stereocenters. The van der Waals surface area contributed by atoms with Crippen LogP contribution in [0.1, 0.15) is 19.3 Å². The van der Waals surface area contributed by atoms with Gasteiger partial charge in [-0.1, -0.05) is 12.1 Å². The van der Waals surface area contributed by atoms with E-state index in [1.165, 1.54) is 12.1 Å². The lowest BCUT2D eigenvalue weighted by molar-refractivity contribution is -0.118. The molecule has 20 heavy (non-hydrogen) atoms. The first-order valence-corrected chi connectivity index (χ1v) is 7.53. The van der Waals surface area contributed by atoms with Gasteiger partial charge >= 0.3 is 5.76 Å². The maximum atomic E-state index is 12.5. The zero-order valence-corrected chi connectivity index (χ0v) is 11.5. The van der Waals surface area contributed by atoms with Crippen LogP contribution in [0.2, 0.25) is 0 Å². The second-order valence-corrected chi connectivity index (χ2v) is 6.04. The van der Waals surface area contributed by atoms with Crippen molar-refractivity contribution in [1.82, 2.24) is 0 Å². The molecule has 0 saturated carbocycles. The SMILES string of the molecule is NC(=O)CCCCNc1ccccc1S(=O)(=O)C(F)F. The Morgan fingerprint density at radius 2 is 1.90 bits per heavy atom. The molecule has 0 aliphatic heterocycles. The number of carbonyl (C=O) groups excluding carboxylic acids is 1. The number of nitrogens with one attached hydrogen (secondary N) is 1. The summed E-state index contributed by atoms with van der Waals surface area (Å²) >= 11 is 0. The maximum Gasteiger partial charge on any atom is 0.341 e. The third kappa shape index (κ3) is 4.44. The number of hydrogen-bond acceptors (Lipinski definition) is 4. The number of benzene rings is 1. The topological polar surface area (TPSA) is 89.3 Å². The number of alkyl halides is 2. The third-order valence-electron chi connectivity index (χ3n) is 2.59. The fourth-order valence-electron chi connectivity index (χ4n) is 1.60. The van der Waals surface area contributed by atoms with Crippen LogP contribution in [-0.2, 0) is 14.6 Å². The van der Waals surface area contributed by atoms with E-state index in [9.17, 15) is 22.0 Å². The number of nitrogens with two attached hydrogens (primary N) is 1. The third-order valence-corrected chi connectivity index (χ3v) is 4.03. The molecular weight excluding hydrogens is 290 g/mol. The first-order chi connectivity index (χ1) is 9.35. The Balaban J connectivity index is 2.70. The van der Waals surface area contributed by atoms with Gasteiger partial charge in [0.1, 0.15) is 0 Å². The van der Waals surface area contributed by atoms with Gasteiger partial charge in [0.15, 0.2) is 0 Å². The quantitative estimate of drug-likeness (QED) is 0.716. The number of para-hydroxylation sites is 1. The van der Waals surface area contributed by atoms with E-state index in [-0.39, 0.29) is 12.1 Å². The van der Waals surface area contributed by atoms with Crippen molar-refractivity contribution in [2.24, 2.45) is 5.73 Å². The Bertz CT molecular complexity index is 562. The molecule has 1 aromatic carbocycles. The molecule has 0 aliphatic carbocycles. The van der Waals surface area contributed by atoms with Crippen LogP contribution in [0, 0.1) is 0 Å². The van der Waals surface area contributed by atoms with Crippen LogP contribution >= 0.6 is 0 Å². The first kappa shape index (κ1) is 16.4. The van der Waals surface area contributed by atoms with Gasteiger partial charge in [-0.05, 0) is 25.0 Å². The van der Waals surface area contributed by atoms with E-state index in [4.69, 9.17) is 5.73 Å². The molecule has 0 bridgehead atoms. The van der Waals surface area contributed by atoms with Crippen molar-refractivity contribution >= 4 is 21.4 Å². The van der Waals surface area contributed by atoms with Crippen molar-refractivity contribution in [3.05, 3.63) is 24.3 Å². The van der Waals surface area contributed by atoms with Gasteiger partial charge in [-0.15, -0.1) is 0 Å². The summed E-state index contributed by atoms with van der Waals surface area (Å²) in [5.74, 6) is -3.87. The van der Waals surface area contributed by atoms with E-state index in [0.29, 0.717) is 19.4 Å². The van der Waals surface area contributed by atoms with Crippen LogP contribution in [0.5, 0.6) is 0 Å². The Morgan fingerprint density at radius 1 is 1.25 bits per heavy atom. The van der Waals surface area contributed by atoms with Gasteiger partial charge in [0.25, 0.3) is 0 Å². The molecular formula is C12H16F2N2O3S. The van der Waals surface area contributed by atoms with Crippen molar-refractivity contribution in [1.29, 1.82) is 0 Å². The van der Waals surface area contributed by atoms with Gasteiger partial charge in [0, 0.05) is 13.0 Å². The van der Waals surface area contributed by atoms with E-state index >= 15 is 0 Å². The van der Waals surface area contributed by atoms with Crippen LogP contribution in [-0.4, -0.2) is 26.6 Å². The number of hydrogen-bond donors (Lipinski definition) is 2. The monoisotopic (exact) mass is 306 g/mol. The summed E-state index contributed by atoms with van der Waals surface area (Å²) in [6.07, 6.45) is 1.36. The Morgan fingerprint density at radius 3 is 2.50 bits per heavy atom. The summed E-state index contributed by atoms with van der Waals surface area (Å²) in [6.45, 7) is 0.364. The molecule has 0 aromatic heterocycles. The van der Waals surface area contributed by atoms with Crippen molar-refractivity contribution in [3.63, 3.8) is 0 Å². The Kier molecular flexibility index (Phi) is 5.87. The smallest absolute Gasteiger partial charge is 0.341 e. The summed E-state index contributed by atoms with van der Waals surface area (Å²) in [5, 5.41) is 2.78. The predicted octanol–water partition coefficient (Wildman–Crippen LogP) is 1.75. The number of halogens is 2. The van der Waals surface area contributed by atoms with Gasteiger partial charge in [0.05, 0.1) is 10.6 Å². The molecule has 1 aromatic rings. The Labute approximate surface area is 116 Å². The molecule has 0 atom stereocenters. The summed E-state index contributed by atoms with van der Waals surface area (Å²) in [6, 6.07) is 5.49. The number of sulfone groups is 1. The number of rotatable bonds is 8. The summed E-state index contributed by atoms with van der Waals surface area (Å²) in [4.78, 5) is 10.1. The molecule has 0 aliphatic rings. The molecule has 5 nitrogen and oxygen atoms in total. The van der Waals surface area contributed by atoms with E-state index in [1.54, 1.807) is 6.07 Å². The van der Waals surface area contributed by atoms with Crippen LogP contribution in [0.25, 0.3) is 0 Å². The maximum absolute atomic E-state index is 12.5. The summed E-state index contributed by atoms with van der Waals surface area (Å²) in [5.41, 5.74) is 5.11. The second-order valence-electron chi connectivity index (χ2n) is 4.15. The molecule has 8 heteroatoms. The van der Waals surface area contributed by atoms with Gasteiger partial charge in [-0.25, -0.2) is 8.42 Å². The minimum atomic E-state index is -4.63. The number of anilines is 1. The van der Waals surface area contributed by atoms with Crippen molar-refractivity contribution < 1.29 is 22.0 Å². The molecule has 0 heterocycles. The number of primary amides is 1. The number of carbonyl (C=O) groups is 1. The highest BCUT2D eigenvalue weighted by molar-refractivity contribution is 7.91. The fraction of sp³-hybridized carbons (Fsp3) is 0.417. The van der Waals surface area contributed by atoms with E-state index in [1.807, 2.05) is 0 Å². The van der Waals surface area contributed by atoms with Gasteiger partial charge in [-0.3, -0.25) is 4.79 Å². The minimum absolute atomic E-state index is 0.131. The lowest BCUT2D eigenvalue weighted by atomic mass is 10.2. The average Bonchev–Trinajstić information content (AvgIpc) is 2.38. The highest BCUT2D eigenvalue weighted by Crippen LogP contribution is 2.25. The molecule has 0 spiro atoms. The lowest BCUT2D eigenvalue weighted by Gasteiger charge is -2.11. The number of unbranched alkanes of at least 4 members (excludes halogenated alkanes) is 1. The molecule has 1 rings (SSSR count). The fourth-order valence-corrected chi connectivity index (χ4v) is 2.51. The van der Waals surface area contributed by atoms with Crippen LogP contribution in [0.4, 0.5) is 14.5 Å². The molecule has 112 valence electrons. The van der Waals surface area contributed by atoms with Crippen molar-refractivity contribution in [2.45, 2.75) is 29.9 Å². The standard InChI is InChI=1S/C12H16F2N2O3S/c13-12(14)20(18,19)10-6-2-1-5-9(10)16-8-4-3-7-11(15)17/h1-2,5-6,12,16H,3-4,7-8H2,(H2,15,17). The predicted molar refractivity (Wildman–Crippen MR) is 71.2 cm³/mol. The second kappa shape index (κ2) is 7.18. The van der Waals surface area contributed by atoms with Crippen molar-refractivity contribution in [3.8, 4) is 0 Å². The lowest BCUT2D eigenvalue weighted by Crippen LogP contribution is -2.15. The van der Waals surface area contributed by atoms with E-state index < -0.39 is 26.4 Å². The minimum Gasteiger partial charge on any atom is -0.384 e. The van der Waals surface area contributed by atoms with Gasteiger partial charge in [-0.2, -0.15) is 8.78 Å². The number of amides is 1.